The molecule has 4 nitrogen and oxygen atoms in total. The molecule has 1 N–H and O–H groups in total. The smallest absolute Gasteiger partial charge is 0.748 e. The minimum atomic E-state index is -4.42. The Morgan fingerprint density at radius 2 is 0.931 bits per heavy atom. The second-order valence-corrected chi connectivity index (χ2v) is 10.1. The average Bonchev–Trinajstić information content (AvgIpc) is 2.64. The summed E-state index contributed by atoms with van der Waals surface area (Å²) in [5, 5.41) is 9.08. The third-order valence-electron chi connectivity index (χ3n) is 5.75. The molecular formula is C23H47NaO4S. The molecule has 0 aliphatic heterocycles. The average molecular weight is 443 g/mol. The van der Waals surface area contributed by atoms with Gasteiger partial charge in [0.15, 0.2) is 0 Å². The van der Waals surface area contributed by atoms with E-state index in [0.29, 0.717) is 19.3 Å². The largest absolute Gasteiger partial charge is 1.00 e. The molecule has 2 unspecified atom stereocenters. The van der Waals surface area contributed by atoms with Gasteiger partial charge >= 0.3 is 29.6 Å². The number of aliphatic hydroxyl groups is 1. The number of aliphatic hydroxyl groups excluding tert-OH is 1. The summed E-state index contributed by atoms with van der Waals surface area (Å²) in [7, 11) is -4.42. The van der Waals surface area contributed by atoms with Crippen molar-refractivity contribution in [3.63, 3.8) is 0 Å². The molecule has 0 saturated carbocycles. The Labute approximate surface area is 204 Å². The molecular weight excluding hydrogens is 395 g/mol. The molecule has 0 spiro atoms. The van der Waals surface area contributed by atoms with Gasteiger partial charge in [-0.3, -0.25) is 0 Å². The molecule has 2 atom stereocenters. The second kappa shape index (κ2) is 22.1. The predicted molar refractivity (Wildman–Crippen MR) is 119 cm³/mol. The molecule has 0 aromatic heterocycles. The van der Waals surface area contributed by atoms with E-state index in [1.807, 2.05) is 0 Å². The van der Waals surface area contributed by atoms with Gasteiger partial charge in [0.05, 0.1) is 11.4 Å². The first kappa shape index (κ1) is 32.1. The van der Waals surface area contributed by atoms with E-state index in [0.717, 1.165) is 38.5 Å². The summed E-state index contributed by atoms with van der Waals surface area (Å²) in [5.74, 6) is 0. The maximum absolute atomic E-state index is 11.5. The first-order valence-corrected chi connectivity index (χ1v) is 13.5. The zero-order chi connectivity index (χ0) is 21.1. The topological polar surface area (TPSA) is 77.4 Å². The van der Waals surface area contributed by atoms with Crippen molar-refractivity contribution in [2.24, 2.45) is 0 Å². The van der Waals surface area contributed by atoms with Crippen LogP contribution in [0.4, 0.5) is 0 Å². The molecule has 29 heavy (non-hydrogen) atoms. The SMILES string of the molecule is CCCCCCCCCCCCCCCC(O)C(CCCCCC)S(=O)(=O)[O-].[Na+]. The fraction of sp³-hybridized carbons (Fsp3) is 1.00. The molecule has 0 aromatic rings. The van der Waals surface area contributed by atoms with Gasteiger partial charge in [-0.25, -0.2) is 8.42 Å². The molecule has 0 radical (unpaired) electrons. The van der Waals surface area contributed by atoms with Crippen LogP contribution in [0.5, 0.6) is 0 Å². The van der Waals surface area contributed by atoms with Gasteiger partial charge in [0.2, 0.25) is 0 Å². The summed E-state index contributed by atoms with van der Waals surface area (Å²) in [6, 6.07) is 0. The number of hydrogen-bond acceptors (Lipinski definition) is 4. The Morgan fingerprint density at radius 1 is 0.621 bits per heavy atom. The van der Waals surface area contributed by atoms with Gasteiger partial charge in [0, 0.05) is 0 Å². The van der Waals surface area contributed by atoms with Gasteiger partial charge in [-0.2, -0.15) is 0 Å². The van der Waals surface area contributed by atoms with Crippen molar-refractivity contribution in [3.05, 3.63) is 0 Å². The third-order valence-corrected chi connectivity index (χ3v) is 7.04. The maximum atomic E-state index is 11.5. The molecule has 0 saturated heterocycles. The zero-order valence-electron chi connectivity index (χ0n) is 19.7. The van der Waals surface area contributed by atoms with Crippen LogP contribution in [0, 0.1) is 0 Å². The standard InChI is InChI=1S/C23H48O4S.Na/c1-3-5-7-9-10-11-12-13-14-15-16-17-18-20-22(24)23(28(25,26)27)21-19-8-6-4-2;/h22-24H,3-21H2,1-2H3,(H,25,26,27);/q;+1/p-1. The molecule has 170 valence electrons. The van der Waals surface area contributed by atoms with Crippen molar-refractivity contribution >= 4 is 10.1 Å². The maximum Gasteiger partial charge on any atom is 1.00 e. The molecule has 0 aliphatic rings. The summed E-state index contributed by atoms with van der Waals surface area (Å²) >= 11 is 0. The number of hydrogen-bond donors (Lipinski definition) is 1. The van der Waals surface area contributed by atoms with Crippen molar-refractivity contribution in [2.45, 2.75) is 147 Å². The zero-order valence-corrected chi connectivity index (χ0v) is 22.5. The van der Waals surface area contributed by atoms with Crippen LogP contribution in [0.15, 0.2) is 0 Å². The second-order valence-electron chi connectivity index (χ2n) is 8.48. The fourth-order valence-electron chi connectivity index (χ4n) is 3.86. The summed E-state index contributed by atoms with van der Waals surface area (Å²) in [6.07, 6.45) is 19.7. The van der Waals surface area contributed by atoms with Gasteiger partial charge in [-0.15, -0.1) is 0 Å². The van der Waals surface area contributed by atoms with Crippen LogP contribution in [-0.2, 0) is 10.1 Å². The van der Waals surface area contributed by atoms with Crippen LogP contribution in [0.1, 0.15) is 136 Å². The van der Waals surface area contributed by atoms with E-state index >= 15 is 0 Å². The van der Waals surface area contributed by atoms with E-state index in [-0.39, 0.29) is 29.6 Å². The molecule has 0 aliphatic carbocycles. The minimum absolute atomic E-state index is 0. The van der Waals surface area contributed by atoms with Gasteiger partial charge in [-0.1, -0.05) is 123 Å². The summed E-state index contributed by atoms with van der Waals surface area (Å²) < 4.78 is 34.4. The molecule has 0 heterocycles. The van der Waals surface area contributed by atoms with Gasteiger partial charge in [0.1, 0.15) is 10.1 Å². The molecule has 0 bridgehead atoms. The quantitative estimate of drug-likeness (QED) is 0.167. The normalized spacial score (nSPS) is 13.8. The summed E-state index contributed by atoms with van der Waals surface area (Å²) in [6.45, 7) is 4.34. The van der Waals surface area contributed by atoms with Crippen LogP contribution in [-0.4, -0.2) is 29.4 Å². The minimum Gasteiger partial charge on any atom is -0.748 e. The van der Waals surface area contributed by atoms with Crippen LogP contribution >= 0.6 is 0 Å². The van der Waals surface area contributed by atoms with Crippen molar-refractivity contribution in [3.8, 4) is 0 Å². The van der Waals surface area contributed by atoms with E-state index in [1.54, 1.807) is 0 Å². The van der Waals surface area contributed by atoms with Gasteiger partial charge < -0.3 is 9.66 Å². The Morgan fingerprint density at radius 3 is 1.31 bits per heavy atom. The van der Waals surface area contributed by atoms with E-state index in [2.05, 4.69) is 13.8 Å². The van der Waals surface area contributed by atoms with Crippen molar-refractivity contribution in [1.82, 2.24) is 0 Å². The van der Waals surface area contributed by atoms with E-state index in [1.165, 1.54) is 64.2 Å². The van der Waals surface area contributed by atoms with Crippen molar-refractivity contribution in [2.75, 3.05) is 0 Å². The van der Waals surface area contributed by atoms with Gasteiger partial charge in [0.25, 0.3) is 0 Å². The number of unbranched alkanes of at least 4 members (excludes halogenated alkanes) is 15. The van der Waals surface area contributed by atoms with Crippen LogP contribution in [0.3, 0.4) is 0 Å². The Bertz CT molecular complexity index is 429. The Balaban J connectivity index is 0. The molecule has 0 rings (SSSR count). The summed E-state index contributed by atoms with van der Waals surface area (Å²) in [5.41, 5.74) is 0. The van der Waals surface area contributed by atoms with Crippen molar-refractivity contribution < 1.29 is 47.6 Å². The van der Waals surface area contributed by atoms with Crippen LogP contribution < -0.4 is 29.6 Å². The molecule has 0 fully saturated rings. The molecule has 0 amide bonds. The van der Waals surface area contributed by atoms with Gasteiger partial charge in [-0.05, 0) is 12.8 Å². The third kappa shape index (κ3) is 20.5. The Hall–Kier alpha value is 0.870. The predicted octanol–water partition coefficient (Wildman–Crippen LogP) is 3.72. The fourth-order valence-corrected chi connectivity index (χ4v) is 4.83. The number of rotatable bonds is 21. The molecule has 6 heteroatoms. The molecule has 0 aromatic carbocycles. The van der Waals surface area contributed by atoms with Crippen LogP contribution in [0.25, 0.3) is 0 Å². The van der Waals surface area contributed by atoms with E-state index in [9.17, 15) is 18.1 Å². The van der Waals surface area contributed by atoms with Crippen LogP contribution in [0.2, 0.25) is 0 Å². The summed E-state index contributed by atoms with van der Waals surface area (Å²) in [4.78, 5) is 0. The monoisotopic (exact) mass is 442 g/mol. The Kier molecular flexibility index (Phi) is 24.4. The first-order chi connectivity index (χ1) is 13.4. The van der Waals surface area contributed by atoms with Crippen molar-refractivity contribution in [1.29, 1.82) is 0 Å². The first-order valence-electron chi connectivity index (χ1n) is 12.1. The van der Waals surface area contributed by atoms with E-state index in [4.69, 9.17) is 0 Å². The van der Waals surface area contributed by atoms with E-state index < -0.39 is 21.5 Å².